The third-order valence-electron chi connectivity index (χ3n) is 13.8. The molecule has 2 aromatic rings. The van der Waals surface area contributed by atoms with Gasteiger partial charge in [-0.3, -0.25) is 19.5 Å². The van der Waals surface area contributed by atoms with Gasteiger partial charge in [-0.2, -0.15) is 0 Å². The van der Waals surface area contributed by atoms with Gasteiger partial charge >= 0.3 is 0 Å². The Balaban J connectivity index is 0.000000167. The minimum absolute atomic E-state index is 0.00986. The van der Waals surface area contributed by atoms with E-state index in [-0.39, 0.29) is 40.8 Å². The largest absolute Gasteiger partial charge is 0.381 e. The number of carbonyl (C=O) groups is 2. The van der Waals surface area contributed by atoms with Crippen LogP contribution < -0.4 is 5.73 Å². The van der Waals surface area contributed by atoms with Gasteiger partial charge in [0.25, 0.3) is 11.8 Å². The molecule has 54 heavy (non-hydrogen) atoms. The fraction of sp³-hybridized carbons (Fsp3) is 0.610. The maximum absolute atomic E-state index is 13.5. The maximum atomic E-state index is 13.5. The van der Waals surface area contributed by atoms with E-state index in [0.29, 0.717) is 17.0 Å². The van der Waals surface area contributed by atoms with E-state index in [1.807, 2.05) is 19.1 Å². The standard InChI is InChI=1S/C21H28N2O4.C20H27N3O4/c1-13-22-21(18(24)23(13)3)17-11-15(19(2,25)26)6-5-14(17)12-20(21)9-7-16(27-4)8-10-20;1-18(25,26)13-5-4-12-11-19(8-6-14(27-3)7-9-19)20(15(12)10-13)16(24)23(2)17(21)22-20/h5-6,11,16,25-26H,7-10,12H2,1-4H3;4-5,10,14,25-26H,6-9,11H2,1-3H3,(H2,21,22). The molecule has 6 N–H and O–H groups in total. The van der Waals surface area contributed by atoms with Crippen LogP contribution in [-0.2, 0) is 54.6 Å². The van der Waals surface area contributed by atoms with Crippen molar-refractivity contribution < 1.29 is 39.5 Å². The third-order valence-corrected chi connectivity index (χ3v) is 13.8. The summed E-state index contributed by atoms with van der Waals surface area (Å²) in [7, 11) is 6.89. The number of benzene rings is 2. The van der Waals surface area contributed by atoms with Gasteiger partial charge in [0.1, 0.15) is 5.84 Å². The van der Waals surface area contributed by atoms with Gasteiger partial charge in [0.15, 0.2) is 28.6 Å². The summed E-state index contributed by atoms with van der Waals surface area (Å²) in [5.41, 5.74) is 7.79. The van der Waals surface area contributed by atoms with Crippen LogP contribution in [0.1, 0.15) is 106 Å². The highest BCUT2D eigenvalue weighted by atomic mass is 16.5. The summed E-state index contributed by atoms with van der Waals surface area (Å²) < 4.78 is 11.1. The van der Waals surface area contributed by atoms with Crippen LogP contribution in [0.3, 0.4) is 0 Å². The van der Waals surface area contributed by atoms with Gasteiger partial charge in [-0.25, -0.2) is 4.99 Å². The fourth-order valence-corrected chi connectivity index (χ4v) is 10.6. The van der Waals surface area contributed by atoms with E-state index in [1.54, 1.807) is 57.5 Å². The number of amides is 2. The molecule has 2 aromatic carbocycles. The Bertz CT molecular complexity index is 1780. The predicted molar refractivity (Wildman–Crippen MR) is 201 cm³/mol. The van der Waals surface area contributed by atoms with E-state index < -0.39 is 22.7 Å². The number of nitrogens with two attached hydrogens (primary N) is 1. The topological polar surface area (TPSA) is 191 Å². The zero-order valence-corrected chi connectivity index (χ0v) is 32.5. The van der Waals surface area contributed by atoms with Crippen molar-refractivity contribution in [1.29, 1.82) is 0 Å². The number of carbonyl (C=O) groups excluding carboxylic acids is 2. The van der Waals surface area contributed by atoms with Gasteiger partial charge in [-0.15, -0.1) is 0 Å². The fourth-order valence-electron chi connectivity index (χ4n) is 10.6. The third kappa shape index (κ3) is 5.48. The van der Waals surface area contributed by atoms with Crippen LogP contribution in [0, 0.1) is 10.8 Å². The number of hydrogen-bond acceptors (Lipinski definition) is 11. The van der Waals surface area contributed by atoms with Crippen LogP contribution in [0.25, 0.3) is 0 Å². The zero-order valence-electron chi connectivity index (χ0n) is 32.5. The number of nitrogens with zero attached hydrogens (tertiary/aromatic N) is 4. The number of rotatable bonds is 4. The summed E-state index contributed by atoms with van der Waals surface area (Å²) in [6.45, 7) is 4.52. The summed E-state index contributed by atoms with van der Waals surface area (Å²) in [5, 5.41) is 40.3. The van der Waals surface area contributed by atoms with Crippen molar-refractivity contribution in [2.45, 2.75) is 120 Å². The Morgan fingerprint density at radius 1 is 0.704 bits per heavy atom. The first-order valence-electron chi connectivity index (χ1n) is 19.0. The molecule has 2 aliphatic heterocycles. The van der Waals surface area contributed by atoms with Crippen molar-refractivity contribution in [2.75, 3.05) is 28.3 Å². The minimum atomic E-state index is -1.98. The van der Waals surface area contributed by atoms with Crippen LogP contribution in [0.2, 0.25) is 0 Å². The molecule has 2 saturated carbocycles. The molecule has 13 nitrogen and oxygen atoms in total. The number of aliphatic hydroxyl groups is 4. The average molecular weight is 746 g/mol. The Morgan fingerprint density at radius 3 is 1.41 bits per heavy atom. The lowest BCUT2D eigenvalue weighted by molar-refractivity contribution is -0.153. The average Bonchev–Trinajstić information content (AvgIpc) is 3.73. The van der Waals surface area contributed by atoms with Crippen molar-refractivity contribution >= 4 is 23.6 Å². The van der Waals surface area contributed by atoms with Crippen LogP contribution in [0.5, 0.6) is 0 Å². The summed E-state index contributed by atoms with van der Waals surface area (Å²) in [6, 6.07) is 10.8. The Hall–Kier alpha value is -3.72. The Kier molecular flexibility index (Phi) is 9.23. The van der Waals surface area contributed by atoms with Crippen molar-refractivity contribution in [2.24, 2.45) is 26.5 Å². The first-order valence-corrected chi connectivity index (χ1v) is 19.0. The molecule has 0 radical (unpaired) electrons. The number of amidine groups is 1. The number of likely N-dealkylation sites (N-methyl/N-ethyl adjacent to an activating group) is 2. The minimum Gasteiger partial charge on any atom is -0.381 e. The molecule has 2 unspecified atom stereocenters. The van der Waals surface area contributed by atoms with E-state index >= 15 is 0 Å². The molecule has 292 valence electrons. The van der Waals surface area contributed by atoms with E-state index in [2.05, 4.69) is 0 Å². The van der Waals surface area contributed by atoms with Crippen molar-refractivity contribution in [1.82, 2.24) is 9.80 Å². The number of ether oxygens (including phenoxy) is 2. The SMILES string of the molecule is COC1CCC2(CC1)Cc1ccc(C(C)(O)O)cc1C21N=C(C)N(C)C1=O.COC1CCC2(CC1)Cc1ccc(C(C)(O)O)cc1C21N=C(N)N(C)C1=O. The lowest BCUT2D eigenvalue weighted by Crippen LogP contribution is -2.51. The quantitative estimate of drug-likeness (QED) is 0.293. The van der Waals surface area contributed by atoms with Gasteiger partial charge in [0, 0.05) is 50.3 Å². The molecule has 0 aromatic heterocycles. The van der Waals surface area contributed by atoms with Crippen LogP contribution in [0.15, 0.2) is 46.4 Å². The number of methoxy groups -OCH3 is 2. The lowest BCUT2D eigenvalue weighted by Gasteiger charge is -2.45. The Morgan fingerprint density at radius 2 is 1.09 bits per heavy atom. The molecule has 2 atom stereocenters. The van der Waals surface area contributed by atoms with E-state index in [0.717, 1.165) is 86.5 Å². The molecule has 4 aliphatic carbocycles. The lowest BCUT2D eigenvalue weighted by atomic mass is 9.61. The highest BCUT2D eigenvalue weighted by Crippen LogP contribution is 2.63. The highest BCUT2D eigenvalue weighted by molar-refractivity contribution is 6.09. The van der Waals surface area contributed by atoms with E-state index in [9.17, 15) is 30.0 Å². The highest BCUT2D eigenvalue weighted by Gasteiger charge is 2.67. The number of aliphatic imine (C=N–C) groups is 2. The molecular formula is C41H55N5O8. The van der Waals surface area contributed by atoms with Crippen molar-refractivity contribution in [3.63, 3.8) is 0 Å². The smallest absolute Gasteiger partial charge is 0.262 e. The van der Waals surface area contributed by atoms with Crippen LogP contribution in [0.4, 0.5) is 0 Å². The normalized spacial score (nSPS) is 33.1. The number of fused-ring (bicyclic) bond motifs is 6. The second kappa shape index (κ2) is 12.9. The molecule has 2 amide bonds. The second-order valence-electron chi connectivity index (χ2n) is 16.8. The molecular weight excluding hydrogens is 690 g/mol. The first-order chi connectivity index (χ1) is 25.3. The van der Waals surface area contributed by atoms with E-state index in [4.69, 9.17) is 25.2 Å². The summed E-state index contributed by atoms with van der Waals surface area (Å²) >= 11 is 0. The molecule has 2 heterocycles. The molecule has 0 saturated heterocycles. The predicted octanol–water partition coefficient (Wildman–Crippen LogP) is 3.02. The van der Waals surface area contributed by atoms with Crippen LogP contribution >= 0.6 is 0 Å². The molecule has 6 aliphatic rings. The van der Waals surface area contributed by atoms with Crippen LogP contribution in [-0.4, -0.2) is 94.4 Å². The monoisotopic (exact) mass is 745 g/mol. The van der Waals surface area contributed by atoms with Gasteiger partial charge < -0.3 is 40.5 Å². The molecule has 13 heteroatoms. The van der Waals surface area contributed by atoms with Gasteiger partial charge in [0.05, 0.1) is 12.2 Å². The maximum Gasteiger partial charge on any atom is 0.262 e. The number of hydrogen-bond donors (Lipinski definition) is 5. The summed E-state index contributed by atoms with van der Waals surface area (Å²) in [6.07, 6.45) is 8.81. The van der Waals surface area contributed by atoms with Gasteiger partial charge in [-0.05, 0) is 119 Å². The van der Waals surface area contributed by atoms with Crippen molar-refractivity contribution in [3.8, 4) is 0 Å². The zero-order chi connectivity index (χ0) is 39.2. The van der Waals surface area contributed by atoms with E-state index in [1.165, 1.54) is 18.7 Å². The van der Waals surface area contributed by atoms with Crippen molar-refractivity contribution in [3.05, 3.63) is 69.8 Å². The number of guanidine groups is 1. The molecule has 4 spiro atoms. The Labute approximate surface area is 316 Å². The molecule has 2 fully saturated rings. The van der Waals surface area contributed by atoms with Gasteiger partial charge in [-0.1, -0.05) is 24.3 Å². The summed E-state index contributed by atoms with van der Waals surface area (Å²) in [4.78, 5) is 39.8. The molecule has 8 rings (SSSR count). The first kappa shape index (κ1) is 38.6. The summed E-state index contributed by atoms with van der Waals surface area (Å²) in [5.74, 6) is -3.16. The second-order valence-corrected chi connectivity index (χ2v) is 16.8. The molecule has 0 bridgehead atoms. The van der Waals surface area contributed by atoms with Gasteiger partial charge in [0.2, 0.25) is 0 Å².